The predicted octanol–water partition coefficient (Wildman–Crippen LogP) is 4.31. The number of nitrogens with one attached hydrogen (secondary N) is 1. The summed E-state index contributed by atoms with van der Waals surface area (Å²) in [6.07, 6.45) is 0.784. The second kappa shape index (κ2) is 7.40. The van der Waals surface area contributed by atoms with Gasteiger partial charge < -0.3 is 10.1 Å². The van der Waals surface area contributed by atoms with E-state index in [0.29, 0.717) is 5.02 Å². The number of rotatable bonds is 6. The van der Waals surface area contributed by atoms with Crippen molar-refractivity contribution < 1.29 is 18.3 Å². The van der Waals surface area contributed by atoms with Gasteiger partial charge in [0.05, 0.1) is 6.04 Å². The van der Waals surface area contributed by atoms with Gasteiger partial charge in [0.15, 0.2) is 11.6 Å². The molecule has 1 saturated carbocycles. The lowest BCUT2D eigenvalue weighted by Crippen LogP contribution is -2.38. The van der Waals surface area contributed by atoms with Gasteiger partial charge >= 0.3 is 0 Å². The summed E-state index contributed by atoms with van der Waals surface area (Å²) >= 11 is 5.98. The summed E-state index contributed by atoms with van der Waals surface area (Å²) in [6, 6.07) is 10.3. The van der Waals surface area contributed by atoms with E-state index in [0.717, 1.165) is 24.1 Å². The highest BCUT2D eigenvalue weighted by Gasteiger charge is 2.44. The van der Waals surface area contributed by atoms with Crippen molar-refractivity contribution in [3.8, 4) is 5.75 Å². The van der Waals surface area contributed by atoms with Crippen LogP contribution in [0.15, 0.2) is 42.5 Å². The molecule has 2 aromatic carbocycles. The van der Waals surface area contributed by atoms with Gasteiger partial charge in [-0.2, -0.15) is 0 Å². The molecule has 1 amide bonds. The SMILES string of the molecule is CC(COc1ccc(F)cc1F)NC(=O)C1CC1c1cccc(Cl)c1. The molecule has 0 aliphatic heterocycles. The summed E-state index contributed by atoms with van der Waals surface area (Å²) in [7, 11) is 0. The zero-order valence-electron chi connectivity index (χ0n) is 13.6. The number of benzene rings is 2. The van der Waals surface area contributed by atoms with Gasteiger partial charge in [-0.3, -0.25) is 4.79 Å². The number of carbonyl (C=O) groups is 1. The number of amides is 1. The van der Waals surface area contributed by atoms with Crippen LogP contribution in [-0.4, -0.2) is 18.6 Å². The van der Waals surface area contributed by atoms with E-state index in [1.54, 1.807) is 13.0 Å². The van der Waals surface area contributed by atoms with Crippen LogP contribution >= 0.6 is 11.6 Å². The van der Waals surface area contributed by atoms with E-state index in [-0.39, 0.29) is 36.1 Å². The Labute approximate surface area is 149 Å². The van der Waals surface area contributed by atoms with Crippen LogP contribution in [-0.2, 0) is 4.79 Å². The van der Waals surface area contributed by atoms with Crippen molar-refractivity contribution in [3.63, 3.8) is 0 Å². The van der Waals surface area contributed by atoms with Crippen LogP contribution in [0.2, 0.25) is 5.02 Å². The van der Waals surface area contributed by atoms with E-state index in [1.165, 1.54) is 6.07 Å². The molecule has 2 aromatic rings. The molecule has 0 aromatic heterocycles. The first-order valence-corrected chi connectivity index (χ1v) is 8.45. The van der Waals surface area contributed by atoms with Crippen molar-refractivity contribution in [2.45, 2.75) is 25.3 Å². The van der Waals surface area contributed by atoms with Crippen molar-refractivity contribution in [2.24, 2.45) is 5.92 Å². The first-order valence-electron chi connectivity index (χ1n) is 8.07. The number of hydrogen-bond acceptors (Lipinski definition) is 2. The maximum Gasteiger partial charge on any atom is 0.224 e. The van der Waals surface area contributed by atoms with Crippen LogP contribution in [0.3, 0.4) is 0 Å². The van der Waals surface area contributed by atoms with Crippen LogP contribution in [0.4, 0.5) is 8.78 Å². The molecule has 3 atom stereocenters. The third-order valence-electron chi connectivity index (χ3n) is 4.18. The smallest absolute Gasteiger partial charge is 0.224 e. The lowest BCUT2D eigenvalue weighted by molar-refractivity contribution is -0.123. The second-order valence-corrected chi connectivity index (χ2v) is 6.74. The minimum atomic E-state index is -0.762. The molecule has 1 aliphatic carbocycles. The van der Waals surface area contributed by atoms with Crippen LogP contribution in [0.1, 0.15) is 24.8 Å². The zero-order chi connectivity index (χ0) is 18.0. The predicted molar refractivity (Wildman–Crippen MR) is 91.8 cm³/mol. The molecule has 0 spiro atoms. The van der Waals surface area contributed by atoms with Gasteiger partial charge in [0.1, 0.15) is 12.4 Å². The summed E-state index contributed by atoms with van der Waals surface area (Å²) in [5.41, 5.74) is 1.06. The fourth-order valence-electron chi connectivity index (χ4n) is 2.79. The summed E-state index contributed by atoms with van der Waals surface area (Å²) in [4.78, 5) is 12.3. The molecule has 3 unspecified atom stereocenters. The Kier molecular flexibility index (Phi) is 5.23. The van der Waals surface area contributed by atoms with Crippen molar-refractivity contribution in [2.75, 3.05) is 6.61 Å². The monoisotopic (exact) mass is 365 g/mol. The van der Waals surface area contributed by atoms with Gasteiger partial charge in [-0.15, -0.1) is 0 Å². The molecule has 0 bridgehead atoms. The minimum Gasteiger partial charge on any atom is -0.488 e. The number of ether oxygens (including phenoxy) is 1. The molecule has 25 heavy (non-hydrogen) atoms. The summed E-state index contributed by atoms with van der Waals surface area (Å²) < 4.78 is 31.7. The normalized spacial score (nSPS) is 20.0. The summed E-state index contributed by atoms with van der Waals surface area (Å²) in [5, 5.41) is 3.52. The van der Waals surface area contributed by atoms with E-state index in [4.69, 9.17) is 16.3 Å². The first-order chi connectivity index (χ1) is 11.9. The molecule has 0 saturated heterocycles. The highest BCUT2D eigenvalue weighted by molar-refractivity contribution is 6.30. The number of hydrogen-bond donors (Lipinski definition) is 1. The van der Waals surface area contributed by atoms with E-state index >= 15 is 0 Å². The quantitative estimate of drug-likeness (QED) is 0.828. The van der Waals surface area contributed by atoms with Crippen LogP contribution < -0.4 is 10.1 Å². The maximum atomic E-state index is 13.5. The molecule has 0 radical (unpaired) electrons. The Hall–Kier alpha value is -2.14. The van der Waals surface area contributed by atoms with E-state index < -0.39 is 11.6 Å². The Morgan fingerprint density at radius 1 is 1.32 bits per heavy atom. The lowest BCUT2D eigenvalue weighted by atomic mass is 10.1. The average Bonchev–Trinajstić information content (AvgIpc) is 3.35. The van der Waals surface area contributed by atoms with Gasteiger partial charge in [-0.25, -0.2) is 8.78 Å². The molecule has 3 nitrogen and oxygen atoms in total. The summed E-state index contributed by atoms with van der Waals surface area (Å²) in [6.45, 7) is 1.87. The van der Waals surface area contributed by atoms with Gasteiger partial charge in [-0.1, -0.05) is 23.7 Å². The standard InChI is InChI=1S/C19H18ClF2NO2/c1-11(10-25-18-6-5-14(21)8-17(18)22)23-19(24)16-9-15(16)12-3-2-4-13(20)7-12/h2-8,11,15-16H,9-10H2,1H3,(H,23,24). The van der Waals surface area contributed by atoms with Crippen LogP contribution in [0, 0.1) is 17.6 Å². The first kappa shape index (κ1) is 17.7. The Morgan fingerprint density at radius 2 is 2.12 bits per heavy atom. The molecule has 1 aliphatic rings. The summed E-state index contributed by atoms with van der Waals surface area (Å²) in [5.74, 6) is -1.41. The Balaban J connectivity index is 1.48. The Morgan fingerprint density at radius 3 is 2.84 bits per heavy atom. The van der Waals surface area contributed by atoms with Gasteiger partial charge in [0.2, 0.25) is 5.91 Å². The molecular formula is C19H18ClF2NO2. The maximum absolute atomic E-state index is 13.5. The molecule has 1 N–H and O–H groups in total. The molecule has 1 fully saturated rings. The highest BCUT2D eigenvalue weighted by Crippen LogP contribution is 2.47. The topological polar surface area (TPSA) is 38.3 Å². The molecule has 3 rings (SSSR count). The van der Waals surface area contributed by atoms with Gasteiger partial charge in [0, 0.05) is 17.0 Å². The molecular weight excluding hydrogens is 348 g/mol. The fraction of sp³-hybridized carbons (Fsp3) is 0.316. The second-order valence-electron chi connectivity index (χ2n) is 6.30. The Bertz CT molecular complexity index is 784. The van der Waals surface area contributed by atoms with Crippen molar-refractivity contribution in [3.05, 3.63) is 64.7 Å². The van der Waals surface area contributed by atoms with Gasteiger partial charge in [0.25, 0.3) is 0 Å². The third kappa shape index (κ3) is 4.48. The average molecular weight is 366 g/mol. The lowest BCUT2D eigenvalue weighted by Gasteiger charge is -2.15. The van der Waals surface area contributed by atoms with E-state index in [1.807, 2.05) is 18.2 Å². The van der Waals surface area contributed by atoms with Crippen molar-refractivity contribution in [1.82, 2.24) is 5.32 Å². The third-order valence-corrected chi connectivity index (χ3v) is 4.41. The van der Waals surface area contributed by atoms with Crippen molar-refractivity contribution in [1.29, 1.82) is 0 Å². The molecule has 132 valence electrons. The van der Waals surface area contributed by atoms with E-state index in [9.17, 15) is 13.6 Å². The highest BCUT2D eigenvalue weighted by atomic mass is 35.5. The van der Waals surface area contributed by atoms with E-state index in [2.05, 4.69) is 5.32 Å². The largest absolute Gasteiger partial charge is 0.488 e. The van der Waals surface area contributed by atoms with Crippen molar-refractivity contribution >= 4 is 17.5 Å². The van der Waals surface area contributed by atoms with Crippen LogP contribution in [0.25, 0.3) is 0 Å². The number of carbonyl (C=O) groups excluding carboxylic acids is 1. The fourth-order valence-corrected chi connectivity index (χ4v) is 2.99. The number of halogens is 3. The van der Waals surface area contributed by atoms with Crippen LogP contribution in [0.5, 0.6) is 5.75 Å². The molecule has 0 heterocycles. The molecule has 6 heteroatoms. The minimum absolute atomic E-state index is 0.0364. The van der Waals surface area contributed by atoms with Gasteiger partial charge in [-0.05, 0) is 49.1 Å². The zero-order valence-corrected chi connectivity index (χ0v) is 14.4.